The summed E-state index contributed by atoms with van der Waals surface area (Å²) in [5, 5.41) is 5.48. The van der Waals surface area contributed by atoms with Crippen LogP contribution < -0.4 is 10.6 Å². The SMILES string of the molecule is [CH2]c1ccc(NC(=O)Nc2cnccc2C)cc1. The summed E-state index contributed by atoms with van der Waals surface area (Å²) in [6, 6.07) is 8.84. The van der Waals surface area contributed by atoms with Crippen molar-refractivity contribution in [3.05, 3.63) is 60.8 Å². The van der Waals surface area contributed by atoms with Crippen LogP contribution in [0.3, 0.4) is 0 Å². The fourth-order valence-corrected chi connectivity index (χ4v) is 1.47. The molecule has 0 saturated carbocycles. The van der Waals surface area contributed by atoms with Crippen molar-refractivity contribution in [3.8, 4) is 0 Å². The molecule has 0 unspecified atom stereocenters. The molecule has 2 N–H and O–H groups in total. The highest BCUT2D eigenvalue weighted by molar-refractivity contribution is 6.00. The van der Waals surface area contributed by atoms with E-state index in [1.54, 1.807) is 24.5 Å². The Morgan fingerprint density at radius 1 is 1.17 bits per heavy atom. The molecule has 0 spiro atoms. The van der Waals surface area contributed by atoms with E-state index in [1.165, 1.54) is 0 Å². The second-order valence-corrected chi connectivity index (χ2v) is 3.97. The van der Waals surface area contributed by atoms with Crippen LogP contribution in [0.2, 0.25) is 0 Å². The number of nitrogens with zero attached hydrogens (tertiary/aromatic N) is 1. The topological polar surface area (TPSA) is 54.0 Å². The normalized spacial score (nSPS) is 9.89. The van der Waals surface area contributed by atoms with Gasteiger partial charge in [0.1, 0.15) is 0 Å². The van der Waals surface area contributed by atoms with Crippen LogP contribution in [0.25, 0.3) is 0 Å². The fraction of sp³-hybridized carbons (Fsp3) is 0.0714. The van der Waals surface area contributed by atoms with Gasteiger partial charge in [-0.1, -0.05) is 12.1 Å². The predicted octanol–water partition coefficient (Wildman–Crippen LogP) is 3.22. The van der Waals surface area contributed by atoms with E-state index in [-0.39, 0.29) is 6.03 Å². The lowest BCUT2D eigenvalue weighted by molar-refractivity contribution is 0.262. The smallest absolute Gasteiger partial charge is 0.308 e. The highest BCUT2D eigenvalue weighted by Crippen LogP contribution is 2.13. The molecule has 1 aromatic carbocycles. The van der Waals surface area contributed by atoms with Crippen molar-refractivity contribution >= 4 is 17.4 Å². The zero-order valence-electron chi connectivity index (χ0n) is 10.1. The number of carbonyl (C=O) groups is 1. The zero-order chi connectivity index (χ0) is 13.0. The molecule has 0 saturated heterocycles. The van der Waals surface area contributed by atoms with E-state index in [0.29, 0.717) is 5.69 Å². The molecule has 1 radical (unpaired) electrons. The summed E-state index contributed by atoms with van der Waals surface area (Å²) in [5.41, 5.74) is 3.29. The molecule has 0 aliphatic heterocycles. The van der Waals surface area contributed by atoms with Crippen molar-refractivity contribution in [2.75, 3.05) is 10.6 Å². The number of carbonyl (C=O) groups excluding carboxylic acids is 1. The number of hydrogen-bond acceptors (Lipinski definition) is 2. The number of benzene rings is 1. The fourth-order valence-electron chi connectivity index (χ4n) is 1.47. The molecule has 91 valence electrons. The molecule has 0 bridgehead atoms. The molecular weight excluding hydrogens is 226 g/mol. The lowest BCUT2D eigenvalue weighted by atomic mass is 10.2. The maximum absolute atomic E-state index is 11.8. The second-order valence-electron chi connectivity index (χ2n) is 3.97. The summed E-state index contributed by atoms with van der Waals surface area (Å²) < 4.78 is 0. The van der Waals surface area contributed by atoms with Gasteiger partial charge in [0.2, 0.25) is 0 Å². The number of urea groups is 1. The molecule has 4 nitrogen and oxygen atoms in total. The van der Waals surface area contributed by atoms with Crippen LogP contribution in [0.1, 0.15) is 11.1 Å². The van der Waals surface area contributed by atoms with Gasteiger partial charge in [0, 0.05) is 11.9 Å². The number of amides is 2. The molecule has 0 aliphatic rings. The van der Waals surface area contributed by atoms with Crippen molar-refractivity contribution in [2.24, 2.45) is 0 Å². The molecule has 2 aromatic rings. The number of rotatable bonds is 2. The van der Waals surface area contributed by atoms with E-state index < -0.39 is 0 Å². The number of hydrogen-bond donors (Lipinski definition) is 2. The Balaban J connectivity index is 2.01. The van der Waals surface area contributed by atoms with Gasteiger partial charge in [-0.3, -0.25) is 4.98 Å². The first-order valence-corrected chi connectivity index (χ1v) is 5.56. The number of nitrogens with one attached hydrogen (secondary N) is 2. The molecule has 0 fully saturated rings. The standard InChI is InChI=1S/C14H14N3O/c1-10-3-5-12(6-4-10)16-14(18)17-13-9-15-8-7-11(13)2/h3-9H,1H2,2H3,(H2,16,17,18). The third-order valence-corrected chi connectivity index (χ3v) is 2.50. The van der Waals surface area contributed by atoms with Gasteiger partial charge < -0.3 is 10.6 Å². The zero-order valence-corrected chi connectivity index (χ0v) is 10.1. The van der Waals surface area contributed by atoms with E-state index >= 15 is 0 Å². The van der Waals surface area contributed by atoms with Crippen LogP contribution in [-0.2, 0) is 0 Å². The van der Waals surface area contributed by atoms with Crippen molar-refractivity contribution < 1.29 is 4.79 Å². The van der Waals surface area contributed by atoms with Crippen LogP contribution in [0.4, 0.5) is 16.2 Å². The number of aromatic nitrogens is 1. The van der Waals surface area contributed by atoms with Gasteiger partial charge in [-0.05, 0) is 43.2 Å². The molecule has 2 amide bonds. The molecule has 2 rings (SSSR count). The van der Waals surface area contributed by atoms with Crippen LogP contribution in [0, 0.1) is 13.8 Å². The molecule has 0 aliphatic carbocycles. The van der Waals surface area contributed by atoms with Gasteiger partial charge in [-0.25, -0.2) is 4.79 Å². The van der Waals surface area contributed by atoms with Crippen LogP contribution in [0.15, 0.2) is 42.7 Å². The summed E-state index contributed by atoms with van der Waals surface area (Å²) in [6.45, 7) is 5.70. The van der Waals surface area contributed by atoms with Gasteiger partial charge in [0.15, 0.2) is 0 Å². The minimum absolute atomic E-state index is 0.289. The maximum Gasteiger partial charge on any atom is 0.323 e. The Kier molecular flexibility index (Phi) is 3.57. The number of aryl methyl sites for hydroxylation is 1. The van der Waals surface area contributed by atoms with Gasteiger partial charge >= 0.3 is 6.03 Å². The highest BCUT2D eigenvalue weighted by Gasteiger charge is 2.04. The van der Waals surface area contributed by atoms with Crippen molar-refractivity contribution in [1.82, 2.24) is 4.98 Å². The minimum Gasteiger partial charge on any atom is -0.308 e. The molecule has 1 aromatic heterocycles. The quantitative estimate of drug-likeness (QED) is 0.846. The lowest BCUT2D eigenvalue weighted by Gasteiger charge is -2.09. The van der Waals surface area contributed by atoms with Gasteiger partial charge in [-0.2, -0.15) is 0 Å². The summed E-state index contributed by atoms with van der Waals surface area (Å²) in [4.78, 5) is 15.7. The van der Waals surface area contributed by atoms with Crippen molar-refractivity contribution in [2.45, 2.75) is 6.92 Å². The average molecular weight is 240 g/mol. The Morgan fingerprint density at radius 2 is 1.89 bits per heavy atom. The van der Waals surface area contributed by atoms with E-state index in [0.717, 1.165) is 16.8 Å². The maximum atomic E-state index is 11.8. The molecule has 4 heteroatoms. The van der Waals surface area contributed by atoms with E-state index in [1.807, 2.05) is 25.1 Å². The number of pyridine rings is 1. The Hall–Kier alpha value is -2.36. The van der Waals surface area contributed by atoms with Crippen molar-refractivity contribution in [3.63, 3.8) is 0 Å². The highest BCUT2D eigenvalue weighted by atomic mass is 16.2. The van der Waals surface area contributed by atoms with Gasteiger partial charge in [0.05, 0.1) is 11.9 Å². The summed E-state index contributed by atoms with van der Waals surface area (Å²) in [6.07, 6.45) is 3.30. The lowest BCUT2D eigenvalue weighted by Crippen LogP contribution is -2.20. The Bertz CT molecular complexity index is 549. The molecular formula is C14H14N3O. The van der Waals surface area contributed by atoms with E-state index in [4.69, 9.17) is 0 Å². The van der Waals surface area contributed by atoms with E-state index in [9.17, 15) is 4.79 Å². The van der Waals surface area contributed by atoms with Gasteiger partial charge in [-0.15, -0.1) is 0 Å². The third-order valence-electron chi connectivity index (χ3n) is 2.50. The summed E-state index contributed by atoms with van der Waals surface area (Å²) in [5.74, 6) is 0. The third kappa shape index (κ3) is 3.07. The first kappa shape index (κ1) is 12.1. The summed E-state index contributed by atoms with van der Waals surface area (Å²) >= 11 is 0. The molecule has 18 heavy (non-hydrogen) atoms. The summed E-state index contributed by atoms with van der Waals surface area (Å²) in [7, 11) is 0. The van der Waals surface area contributed by atoms with Crippen LogP contribution in [0.5, 0.6) is 0 Å². The largest absolute Gasteiger partial charge is 0.323 e. The first-order chi connectivity index (χ1) is 8.65. The minimum atomic E-state index is -0.289. The monoisotopic (exact) mass is 240 g/mol. The average Bonchev–Trinajstić information content (AvgIpc) is 2.35. The first-order valence-electron chi connectivity index (χ1n) is 5.56. The van der Waals surface area contributed by atoms with E-state index in [2.05, 4.69) is 22.5 Å². The molecule has 1 heterocycles. The second kappa shape index (κ2) is 5.31. The van der Waals surface area contributed by atoms with Crippen molar-refractivity contribution in [1.29, 1.82) is 0 Å². The van der Waals surface area contributed by atoms with Crippen LogP contribution >= 0.6 is 0 Å². The van der Waals surface area contributed by atoms with Crippen LogP contribution in [-0.4, -0.2) is 11.0 Å². The Morgan fingerprint density at radius 3 is 2.56 bits per heavy atom. The van der Waals surface area contributed by atoms with Gasteiger partial charge in [0.25, 0.3) is 0 Å². The molecule has 0 atom stereocenters. The number of anilines is 2. The predicted molar refractivity (Wildman–Crippen MR) is 72.5 cm³/mol. The Labute approximate surface area is 106 Å².